The summed E-state index contributed by atoms with van der Waals surface area (Å²) in [5, 5.41) is 2.65. The van der Waals surface area contributed by atoms with Gasteiger partial charge in [0, 0.05) is 6.54 Å². The largest absolute Gasteiger partial charge is 0.481 e. The summed E-state index contributed by atoms with van der Waals surface area (Å²) in [4.78, 5) is 25.3. The van der Waals surface area contributed by atoms with E-state index in [1.807, 2.05) is 0 Å². The number of aromatic amines is 1. The molecular weight excluding hydrogens is 303 g/mol. The second kappa shape index (κ2) is 6.35. The number of oxazole rings is 1. The first-order valence-corrected chi connectivity index (χ1v) is 6.87. The number of carbonyl (C=O) groups is 1. The first kappa shape index (κ1) is 14.8. The lowest BCUT2D eigenvalue weighted by Crippen LogP contribution is -2.28. The molecule has 118 valence electrons. The monoisotopic (exact) mass is 316 g/mol. The van der Waals surface area contributed by atoms with E-state index in [0.717, 1.165) is 5.56 Å². The van der Waals surface area contributed by atoms with Crippen LogP contribution < -0.4 is 15.8 Å². The number of hydrogen-bond donors (Lipinski definition) is 2. The standard InChI is InChI=1S/C16H13FN2O4/c17-11-3-1-2-4-13(11)22-9-15(20)18-8-10-5-6-14-12(7-10)19-16(21)23-14/h1-7H,8-9H2,(H,18,20)(H,19,21). The number of ether oxygens (including phenoxy) is 1. The fourth-order valence-electron chi connectivity index (χ4n) is 2.07. The van der Waals surface area contributed by atoms with E-state index < -0.39 is 11.6 Å². The zero-order valence-electron chi connectivity index (χ0n) is 12.0. The van der Waals surface area contributed by atoms with Crippen molar-refractivity contribution in [1.29, 1.82) is 0 Å². The SMILES string of the molecule is O=C(COc1ccccc1F)NCc1ccc2oc(=O)[nH]c2c1. The number of H-pyrrole nitrogens is 1. The first-order valence-electron chi connectivity index (χ1n) is 6.87. The molecule has 0 aliphatic carbocycles. The molecule has 1 aromatic heterocycles. The van der Waals surface area contributed by atoms with E-state index >= 15 is 0 Å². The number of fused-ring (bicyclic) bond motifs is 1. The van der Waals surface area contributed by atoms with Gasteiger partial charge in [0.05, 0.1) is 5.52 Å². The van der Waals surface area contributed by atoms with Gasteiger partial charge in [0.15, 0.2) is 23.8 Å². The zero-order valence-corrected chi connectivity index (χ0v) is 12.0. The Bertz CT molecular complexity index is 900. The second-order valence-electron chi connectivity index (χ2n) is 4.84. The van der Waals surface area contributed by atoms with Crippen molar-refractivity contribution in [1.82, 2.24) is 10.3 Å². The minimum absolute atomic E-state index is 0.0278. The summed E-state index contributed by atoms with van der Waals surface area (Å²) in [7, 11) is 0. The summed E-state index contributed by atoms with van der Waals surface area (Å²) in [6, 6.07) is 11.0. The second-order valence-corrected chi connectivity index (χ2v) is 4.84. The van der Waals surface area contributed by atoms with Gasteiger partial charge in [-0.25, -0.2) is 9.18 Å². The Balaban J connectivity index is 1.55. The molecule has 6 nitrogen and oxygen atoms in total. The van der Waals surface area contributed by atoms with Gasteiger partial charge in [-0.3, -0.25) is 9.78 Å². The van der Waals surface area contributed by atoms with Crippen LogP contribution in [0.5, 0.6) is 5.75 Å². The number of para-hydroxylation sites is 1. The molecule has 0 aliphatic rings. The lowest BCUT2D eigenvalue weighted by Gasteiger charge is -2.08. The number of carbonyl (C=O) groups excluding carboxylic acids is 1. The molecule has 23 heavy (non-hydrogen) atoms. The third-order valence-electron chi connectivity index (χ3n) is 3.17. The van der Waals surface area contributed by atoms with Crippen LogP contribution in [0.15, 0.2) is 51.7 Å². The topological polar surface area (TPSA) is 84.3 Å². The fourth-order valence-corrected chi connectivity index (χ4v) is 2.07. The van der Waals surface area contributed by atoms with Crippen molar-refractivity contribution in [3.63, 3.8) is 0 Å². The highest BCUT2D eigenvalue weighted by Crippen LogP contribution is 2.15. The molecule has 0 saturated carbocycles. The van der Waals surface area contributed by atoms with Gasteiger partial charge in [0.2, 0.25) is 0 Å². The highest BCUT2D eigenvalue weighted by atomic mass is 19.1. The molecule has 2 N–H and O–H groups in total. The predicted octanol–water partition coefficient (Wildman–Crippen LogP) is 1.96. The van der Waals surface area contributed by atoms with Crippen LogP contribution in [0.4, 0.5) is 4.39 Å². The van der Waals surface area contributed by atoms with Crippen molar-refractivity contribution >= 4 is 17.0 Å². The van der Waals surface area contributed by atoms with Gasteiger partial charge < -0.3 is 14.5 Å². The molecule has 0 saturated heterocycles. The third-order valence-corrected chi connectivity index (χ3v) is 3.17. The third kappa shape index (κ3) is 3.57. The Morgan fingerprint density at radius 1 is 1.26 bits per heavy atom. The van der Waals surface area contributed by atoms with Gasteiger partial charge in [0.1, 0.15) is 0 Å². The number of nitrogens with one attached hydrogen (secondary N) is 2. The van der Waals surface area contributed by atoms with E-state index in [0.29, 0.717) is 11.1 Å². The van der Waals surface area contributed by atoms with E-state index in [9.17, 15) is 14.0 Å². The molecule has 3 rings (SSSR count). The van der Waals surface area contributed by atoms with Crippen LogP contribution in [-0.4, -0.2) is 17.5 Å². The molecule has 0 aliphatic heterocycles. The van der Waals surface area contributed by atoms with E-state index in [2.05, 4.69) is 10.3 Å². The van der Waals surface area contributed by atoms with Crippen LogP contribution in [-0.2, 0) is 11.3 Å². The maximum Gasteiger partial charge on any atom is 0.417 e. The first-order chi connectivity index (χ1) is 11.1. The zero-order chi connectivity index (χ0) is 16.2. The van der Waals surface area contributed by atoms with Crippen molar-refractivity contribution < 1.29 is 18.3 Å². The van der Waals surface area contributed by atoms with Gasteiger partial charge in [0.25, 0.3) is 5.91 Å². The number of halogens is 1. The van der Waals surface area contributed by atoms with E-state index in [1.165, 1.54) is 12.1 Å². The van der Waals surface area contributed by atoms with Gasteiger partial charge in [-0.2, -0.15) is 0 Å². The van der Waals surface area contributed by atoms with E-state index in [1.54, 1.807) is 30.3 Å². The average Bonchev–Trinajstić information content (AvgIpc) is 2.91. The molecule has 0 radical (unpaired) electrons. The molecule has 1 heterocycles. The molecule has 0 fully saturated rings. The highest BCUT2D eigenvalue weighted by Gasteiger charge is 2.07. The summed E-state index contributed by atoms with van der Waals surface area (Å²) >= 11 is 0. The van der Waals surface area contributed by atoms with Crippen molar-refractivity contribution in [3.8, 4) is 5.75 Å². The maximum atomic E-state index is 13.3. The molecule has 3 aromatic rings. The van der Waals surface area contributed by atoms with Crippen LogP contribution in [0.1, 0.15) is 5.56 Å². The summed E-state index contributed by atoms with van der Waals surface area (Å²) in [6.07, 6.45) is 0. The molecule has 2 aromatic carbocycles. The lowest BCUT2D eigenvalue weighted by molar-refractivity contribution is -0.123. The Morgan fingerprint density at radius 3 is 2.91 bits per heavy atom. The number of benzene rings is 2. The molecule has 1 amide bonds. The van der Waals surface area contributed by atoms with Crippen molar-refractivity contribution in [2.24, 2.45) is 0 Å². The molecule has 0 spiro atoms. The van der Waals surface area contributed by atoms with Crippen molar-refractivity contribution in [2.45, 2.75) is 6.54 Å². The van der Waals surface area contributed by atoms with Gasteiger partial charge >= 0.3 is 5.76 Å². The average molecular weight is 316 g/mol. The lowest BCUT2D eigenvalue weighted by atomic mass is 10.2. The summed E-state index contributed by atoms with van der Waals surface area (Å²) in [5.41, 5.74) is 1.80. The van der Waals surface area contributed by atoms with Crippen molar-refractivity contribution in [2.75, 3.05) is 6.61 Å². The molecule has 0 bridgehead atoms. The maximum absolute atomic E-state index is 13.3. The predicted molar refractivity (Wildman–Crippen MR) is 80.6 cm³/mol. The van der Waals surface area contributed by atoms with Crippen LogP contribution in [0.25, 0.3) is 11.1 Å². The number of amides is 1. The smallest absolute Gasteiger partial charge is 0.417 e. The molecule has 0 unspecified atom stereocenters. The number of hydrogen-bond acceptors (Lipinski definition) is 4. The summed E-state index contributed by atoms with van der Waals surface area (Å²) in [6.45, 7) is -0.0334. The minimum atomic E-state index is -0.528. The number of aromatic nitrogens is 1. The van der Waals surface area contributed by atoms with Crippen LogP contribution in [0.2, 0.25) is 0 Å². The van der Waals surface area contributed by atoms with Crippen molar-refractivity contribution in [3.05, 3.63) is 64.4 Å². The Hall–Kier alpha value is -3.09. The quantitative estimate of drug-likeness (QED) is 0.753. The molecule has 7 heteroatoms. The fraction of sp³-hybridized carbons (Fsp3) is 0.125. The normalized spacial score (nSPS) is 10.7. The molecular formula is C16H13FN2O4. The van der Waals surface area contributed by atoms with Gasteiger partial charge in [-0.05, 0) is 29.8 Å². The van der Waals surface area contributed by atoms with Crippen LogP contribution in [0, 0.1) is 5.82 Å². The van der Waals surface area contributed by atoms with Crippen LogP contribution in [0.3, 0.4) is 0 Å². The minimum Gasteiger partial charge on any atom is -0.481 e. The Kier molecular flexibility index (Phi) is 4.09. The Morgan fingerprint density at radius 2 is 2.09 bits per heavy atom. The van der Waals surface area contributed by atoms with Gasteiger partial charge in [-0.1, -0.05) is 18.2 Å². The summed E-state index contributed by atoms with van der Waals surface area (Å²) < 4.78 is 23.4. The van der Waals surface area contributed by atoms with E-state index in [-0.39, 0.29) is 24.8 Å². The van der Waals surface area contributed by atoms with E-state index in [4.69, 9.17) is 9.15 Å². The summed E-state index contributed by atoms with van der Waals surface area (Å²) in [5.74, 6) is -1.40. The molecule has 0 atom stereocenters. The van der Waals surface area contributed by atoms with Crippen LogP contribution >= 0.6 is 0 Å². The highest BCUT2D eigenvalue weighted by molar-refractivity contribution is 5.78. The number of rotatable bonds is 5. The van der Waals surface area contributed by atoms with Gasteiger partial charge in [-0.15, -0.1) is 0 Å². The Labute approximate surface area is 129 Å².